The summed E-state index contributed by atoms with van der Waals surface area (Å²) in [6.07, 6.45) is 5.17. The summed E-state index contributed by atoms with van der Waals surface area (Å²) in [6.45, 7) is 21.3. The number of hydrogen-bond acceptors (Lipinski definition) is 0. The van der Waals surface area contributed by atoms with Crippen molar-refractivity contribution in [1.82, 2.24) is 0 Å². The molecule has 0 nitrogen and oxygen atoms in total. The van der Waals surface area contributed by atoms with E-state index < -0.39 is 17.4 Å². The van der Waals surface area contributed by atoms with Crippen molar-refractivity contribution in [3.05, 3.63) is 129 Å². The molecule has 242 valence electrons. The van der Waals surface area contributed by atoms with Gasteiger partial charge in [-0.2, -0.15) is 0 Å². The van der Waals surface area contributed by atoms with Crippen LogP contribution in [0.15, 0.2) is 90.0 Å². The van der Waals surface area contributed by atoms with Crippen molar-refractivity contribution in [3.8, 4) is 22.3 Å². The molecule has 2 atom stereocenters. The van der Waals surface area contributed by atoms with Crippen LogP contribution in [0.25, 0.3) is 34.4 Å². The fourth-order valence-electron chi connectivity index (χ4n) is 8.70. The van der Waals surface area contributed by atoms with E-state index in [0.29, 0.717) is 13.2 Å². The van der Waals surface area contributed by atoms with Crippen molar-refractivity contribution in [2.45, 2.75) is 77.3 Å². The summed E-state index contributed by atoms with van der Waals surface area (Å²) in [4.78, 5) is 0. The van der Waals surface area contributed by atoms with Crippen molar-refractivity contribution < 1.29 is 17.4 Å². The minimum Gasteiger partial charge on any atom is -0.147 e. The second-order valence-electron chi connectivity index (χ2n) is 16.2. The molecular weight excluding hydrogens is 695 g/mol. The zero-order chi connectivity index (χ0) is 31.8. The number of allylic oxidation sites excluding steroid dienone is 2. The molecule has 0 saturated heterocycles. The van der Waals surface area contributed by atoms with Crippen LogP contribution >= 0.6 is 24.8 Å². The molecule has 0 aromatic heterocycles. The summed E-state index contributed by atoms with van der Waals surface area (Å²) in [5.74, 6) is 0.510. The Kier molecular flexibility index (Phi) is 10.3. The molecule has 0 radical (unpaired) electrons. The Morgan fingerprint density at radius 1 is 0.696 bits per heavy atom. The van der Waals surface area contributed by atoms with Crippen LogP contribution in [-0.2, 0) is 22.8 Å². The van der Waals surface area contributed by atoms with E-state index in [0.717, 1.165) is 0 Å². The monoisotopic (exact) mass is 744 g/mol. The number of hydrogen-bond donors (Lipinski definition) is 0. The van der Waals surface area contributed by atoms with Gasteiger partial charge in [-0.15, -0.1) is 24.8 Å². The summed E-state index contributed by atoms with van der Waals surface area (Å²) < 4.78 is 6.57. The summed E-state index contributed by atoms with van der Waals surface area (Å²) in [6, 6.07) is 30.1. The second kappa shape index (κ2) is 12.8. The topological polar surface area (TPSA) is 0 Å². The SMILES string of the molecule is CC1=Cc2c(cc(C)c(C)c2-c2ccc(C(C)(C)C)cc2)[CH]1[Zr]([CH3])([CH3])(=[SiH2])[CH]1C(C(C)C)=Cc2c(-c3ccccc3)cccc21.Cl.Cl. The minimum atomic E-state index is -3.68. The standard InChI is InChI=1S/C22H25.C18H17.2CH3.2ClH.H2Si.Zr/c1-14-11-18-13-15(2)16(3)21(20(18)12-14)17-7-9-19(10-8-17)22(4,5)6;1-13(2)16-11-15-9-6-10-17(18(15)12-16)14-7-4-3-5-8-14;;;;;;/h7-13H,1-6H3;3-13H,1-2H3;2*1H3;2*1H;1H2;. The normalized spacial score (nSPS) is 17.5. The van der Waals surface area contributed by atoms with Crippen molar-refractivity contribution in [3.63, 3.8) is 0 Å². The molecule has 2 unspecified atom stereocenters. The smallest absolute Gasteiger partial charge is 0.147 e. The predicted octanol–water partition coefficient (Wildman–Crippen LogP) is 12.4. The minimum absolute atomic E-state index is 0. The number of fused-ring (bicyclic) bond motifs is 2. The number of benzene rings is 4. The molecule has 0 heterocycles. The first kappa shape index (κ1) is 36.9. The van der Waals surface area contributed by atoms with Gasteiger partial charge in [0, 0.05) is 0 Å². The Morgan fingerprint density at radius 3 is 1.91 bits per heavy atom. The molecule has 0 aliphatic heterocycles. The Bertz CT molecular complexity index is 1920. The summed E-state index contributed by atoms with van der Waals surface area (Å²) in [5.41, 5.74) is 19.2. The van der Waals surface area contributed by atoms with Gasteiger partial charge < -0.3 is 0 Å². The van der Waals surface area contributed by atoms with Crippen LogP contribution in [0.3, 0.4) is 0 Å². The largest absolute Gasteiger partial charge is 0.147 e. The van der Waals surface area contributed by atoms with Gasteiger partial charge in [0.2, 0.25) is 0 Å². The molecule has 0 saturated carbocycles. The maximum atomic E-state index is 2.77. The van der Waals surface area contributed by atoms with Crippen LogP contribution < -0.4 is 0 Å². The van der Waals surface area contributed by atoms with Crippen molar-refractivity contribution >= 4 is 43.8 Å². The van der Waals surface area contributed by atoms with Crippen LogP contribution in [0.2, 0.25) is 9.26 Å². The van der Waals surface area contributed by atoms with E-state index in [1.807, 2.05) is 0 Å². The maximum absolute atomic E-state index is 3.68. The Hall–Kier alpha value is -1.96. The second-order valence-corrected chi connectivity index (χ2v) is 46.7. The third kappa shape index (κ3) is 6.07. The molecule has 2 aliphatic carbocycles. The average Bonchev–Trinajstić information content (AvgIpc) is 3.53. The Labute approximate surface area is 293 Å². The van der Waals surface area contributed by atoms with E-state index >= 15 is 0 Å². The molecule has 6 rings (SSSR count). The summed E-state index contributed by atoms with van der Waals surface area (Å²) >= 11 is -3.68. The van der Waals surface area contributed by atoms with Gasteiger partial charge in [0.15, 0.2) is 0 Å². The molecule has 0 bridgehead atoms. The van der Waals surface area contributed by atoms with Gasteiger partial charge in [0.05, 0.1) is 0 Å². The van der Waals surface area contributed by atoms with Gasteiger partial charge in [0.1, 0.15) is 0 Å². The van der Waals surface area contributed by atoms with Crippen molar-refractivity contribution in [2.75, 3.05) is 0 Å². The molecule has 0 N–H and O–H groups in total. The van der Waals surface area contributed by atoms with Gasteiger partial charge in [0.25, 0.3) is 0 Å². The van der Waals surface area contributed by atoms with Gasteiger partial charge in [-0.05, 0) is 0 Å². The van der Waals surface area contributed by atoms with Crippen LogP contribution in [0, 0.1) is 19.8 Å². The third-order valence-electron chi connectivity index (χ3n) is 10.8. The molecule has 4 aromatic carbocycles. The van der Waals surface area contributed by atoms with Crippen molar-refractivity contribution in [2.24, 2.45) is 5.92 Å². The first-order valence-corrected chi connectivity index (χ1v) is 30.2. The summed E-state index contributed by atoms with van der Waals surface area (Å²) in [7, 11) is 0. The Balaban J connectivity index is 0.00000240. The predicted molar refractivity (Wildman–Crippen MR) is 209 cm³/mol. The van der Waals surface area contributed by atoms with Crippen LogP contribution in [0.4, 0.5) is 0 Å². The number of halogens is 2. The third-order valence-corrected chi connectivity index (χ3v) is 28.5. The molecule has 4 aromatic rings. The molecule has 46 heavy (non-hydrogen) atoms. The zero-order valence-electron chi connectivity index (χ0n) is 29.4. The van der Waals surface area contributed by atoms with Gasteiger partial charge in [-0.1, -0.05) is 0 Å². The van der Waals surface area contributed by atoms with E-state index in [1.165, 1.54) is 50.1 Å². The first-order valence-electron chi connectivity index (χ1n) is 16.5. The van der Waals surface area contributed by atoms with Crippen molar-refractivity contribution in [1.29, 1.82) is 0 Å². The number of aryl methyl sites for hydroxylation is 1. The van der Waals surface area contributed by atoms with E-state index in [2.05, 4.69) is 163 Å². The van der Waals surface area contributed by atoms with E-state index in [-0.39, 0.29) is 30.2 Å². The molecule has 0 amide bonds. The van der Waals surface area contributed by atoms with E-state index in [1.54, 1.807) is 22.3 Å². The number of rotatable bonds is 5. The van der Waals surface area contributed by atoms with E-state index in [9.17, 15) is 0 Å². The van der Waals surface area contributed by atoms with Crippen LogP contribution in [-0.4, -0.2) is 6.88 Å². The average molecular weight is 747 g/mol. The molecular formula is C42H52Cl2SiZr. The maximum Gasteiger partial charge on any atom is -0.147 e. The van der Waals surface area contributed by atoms with Gasteiger partial charge in [-0.25, -0.2) is 0 Å². The Morgan fingerprint density at radius 2 is 1.33 bits per heavy atom. The quantitative estimate of drug-likeness (QED) is 0.178. The first-order chi connectivity index (χ1) is 20.6. The van der Waals surface area contributed by atoms with Gasteiger partial charge in [-0.3, -0.25) is 0 Å². The fourth-order valence-corrected chi connectivity index (χ4v) is 29.2. The van der Waals surface area contributed by atoms with Crippen LogP contribution in [0.1, 0.15) is 87.7 Å². The molecule has 0 spiro atoms. The fraction of sp³-hybridized carbons (Fsp3) is 0.333. The summed E-state index contributed by atoms with van der Waals surface area (Å²) in [5, 5.41) is 0. The molecule has 0 fully saturated rings. The zero-order valence-corrected chi connectivity index (χ0v) is 34.9. The van der Waals surface area contributed by atoms with Crippen LogP contribution in [0.5, 0.6) is 0 Å². The molecule has 4 heteroatoms. The molecule has 2 aliphatic rings. The van der Waals surface area contributed by atoms with Gasteiger partial charge >= 0.3 is 271 Å². The van der Waals surface area contributed by atoms with E-state index in [4.69, 9.17) is 0 Å².